The standard InChI is InChI=1S/C13H13BrN2O4/c14-9-2-1-3-10(5-9)16-7-8(4-11(16)17)13(20)15-6-12(18)19/h1-3,5,8H,4,6-7H2,(H,15,20)(H,18,19). The van der Waals surface area contributed by atoms with Crippen LogP contribution in [0.25, 0.3) is 0 Å². The molecule has 0 spiro atoms. The van der Waals surface area contributed by atoms with Crippen LogP contribution < -0.4 is 10.2 Å². The fourth-order valence-electron chi connectivity index (χ4n) is 2.08. The van der Waals surface area contributed by atoms with Gasteiger partial charge in [-0.1, -0.05) is 22.0 Å². The SMILES string of the molecule is O=C(O)CNC(=O)C1CC(=O)N(c2cccc(Br)c2)C1. The molecule has 1 unspecified atom stereocenters. The molecule has 2 amide bonds. The Morgan fingerprint density at radius 2 is 2.20 bits per heavy atom. The number of carboxylic acid groups (broad SMARTS) is 1. The van der Waals surface area contributed by atoms with Gasteiger partial charge in [-0.05, 0) is 18.2 Å². The number of nitrogens with zero attached hydrogens (tertiary/aromatic N) is 1. The predicted molar refractivity (Wildman–Crippen MR) is 75.2 cm³/mol. The van der Waals surface area contributed by atoms with Crippen LogP contribution in [0.3, 0.4) is 0 Å². The molecule has 1 aromatic rings. The number of rotatable bonds is 4. The van der Waals surface area contributed by atoms with E-state index in [4.69, 9.17) is 5.11 Å². The molecule has 0 saturated carbocycles. The molecule has 2 N–H and O–H groups in total. The topological polar surface area (TPSA) is 86.7 Å². The minimum atomic E-state index is -1.11. The lowest BCUT2D eigenvalue weighted by Gasteiger charge is -2.16. The Labute approximate surface area is 123 Å². The zero-order valence-electron chi connectivity index (χ0n) is 10.5. The van der Waals surface area contributed by atoms with Gasteiger partial charge in [0.25, 0.3) is 0 Å². The molecule has 1 atom stereocenters. The highest BCUT2D eigenvalue weighted by Crippen LogP contribution is 2.27. The Balaban J connectivity index is 2.03. The number of halogens is 1. The summed E-state index contributed by atoms with van der Waals surface area (Å²) in [6, 6.07) is 7.25. The highest BCUT2D eigenvalue weighted by atomic mass is 79.9. The molecule has 1 aliphatic heterocycles. The number of carboxylic acids is 1. The maximum Gasteiger partial charge on any atom is 0.322 e. The van der Waals surface area contributed by atoms with Crippen LogP contribution in [-0.4, -0.2) is 36.0 Å². The molecule has 1 saturated heterocycles. The van der Waals surface area contributed by atoms with Crippen molar-refractivity contribution in [1.82, 2.24) is 5.32 Å². The fourth-order valence-corrected chi connectivity index (χ4v) is 2.47. The van der Waals surface area contributed by atoms with Gasteiger partial charge in [-0.2, -0.15) is 0 Å². The average Bonchev–Trinajstić information content (AvgIpc) is 2.78. The van der Waals surface area contributed by atoms with E-state index >= 15 is 0 Å². The van der Waals surface area contributed by atoms with E-state index in [1.807, 2.05) is 12.1 Å². The summed E-state index contributed by atoms with van der Waals surface area (Å²) in [5, 5.41) is 10.8. The zero-order chi connectivity index (χ0) is 14.7. The lowest BCUT2D eigenvalue weighted by molar-refractivity contribution is -0.138. The largest absolute Gasteiger partial charge is 0.480 e. The van der Waals surface area contributed by atoms with Gasteiger partial charge in [-0.15, -0.1) is 0 Å². The van der Waals surface area contributed by atoms with Gasteiger partial charge >= 0.3 is 5.97 Å². The number of benzene rings is 1. The highest BCUT2D eigenvalue weighted by molar-refractivity contribution is 9.10. The first-order chi connectivity index (χ1) is 9.47. The van der Waals surface area contributed by atoms with E-state index in [0.29, 0.717) is 0 Å². The number of anilines is 1. The summed E-state index contributed by atoms with van der Waals surface area (Å²) >= 11 is 3.33. The second-order valence-electron chi connectivity index (χ2n) is 4.50. The Morgan fingerprint density at radius 3 is 2.85 bits per heavy atom. The molecule has 0 aliphatic carbocycles. The van der Waals surface area contributed by atoms with Crippen LogP contribution in [0.1, 0.15) is 6.42 Å². The van der Waals surface area contributed by atoms with Gasteiger partial charge < -0.3 is 15.3 Å². The van der Waals surface area contributed by atoms with E-state index in [1.54, 1.807) is 12.1 Å². The molecule has 2 rings (SSSR count). The first kappa shape index (κ1) is 14.5. The predicted octanol–water partition coefficient (Wildman–Crippen LogP) is 1.00. The lowest BCUT2D eigenvalue weighted by atomic mass is 10.1. The first-order valence-electron chi connectivity index (χ1n) is 6.03. The van der Waals surface area contributed by atoms with E-state index in [1.165, 1.54) is 4.90 Å². The molecule has 0 bridgehead atoms. The number of amides is 2. The van der Waals surface area contributed by atoms with Gasteiger partial charge in [0.05, 0.1) is 5.92 Å². The third-order valence-corrected chi connectivity index (χ3v) is 3.52. The third kappa shape index (κ3) is 3.36. The second kappa shape index (κ2) is 6.04. The Bertz CT molecular complexity index is 561. The van der Waals surface area contributed by atoms with E-state index < -0.39 is 24.3 Å². The zero-order valence-corrected chi connectivity index (χ0v) is 12.1. The molecule has 0 aromatic heterocycles. The fraction of sp³-hybridized carbons (Fsp3) is 0.308. The van der Waals surface area contributed by atoms with Gasteiger partial charge in [0.15, 0.2) is 0 Å². The molecule has 106 valence electrons. The molecular weight excluding hydrogens is 328 g/mol. The van der Waals surface area contributed by atoms with E-state index in [2.05, 4.69) is 21.2 Å². The van der Waals surface area contributed by atoms with Crippen molar-refractivity contribution in [3.05, 3.63) is 28.7 Å². The molecule has 1 aromatic carbocycles. The number of aliphatic carboxylic acids is 1. The van der Waals surface area contributed by atoms with Crippen molar-refractivity contribution in [2.75, 3.05) is 18.0 Å². The van der Waals surface area contributed by atoms with Crippen molar-refractivity contribution in [2.24, 2.45) is 5.92 Å². The van der Waals surface area contributed by atoms with Gasteiger partial charge in [0.2, 0.25) is 11.8 Å². The van der Waals surface area contributed by atoms with E-state index in [9.17, 15) is 14.4 Å². The number of nitrogens with one attached hydrogen (secondary N) is 1. The van der Waals surface area contributed by atoms with Crippen LogP contribution in [-0.2, 0) is 14.4 Å². The third-order valence-electron chi connectivity index (χ3n) is 3.03. The van der Waals surface area contributed by atoms with Crippen molar-refractivity contribution in [3.8, 4) is 0 Å². The molecule has 1 aliphatic rings. The number of carbonyl (C=O) groups excluding carboxylic acids is 2. The maximum absolute atomic E-state index is 12.0. The monoisotopic (exact) mass is 340 g/mol. The molecule has 20 heavy (non-hydrogen) atoms. The summed E-state index contributed by atoms with van der Waals surface area (Å²) in [6.07, 6.45) is 0.0952. The minimum absolute atomic E-state index is 0.0952. The summed E-state index contributed by atoms with van der Waals surface area (Å²) in [6.45, 7) is -0.166. The Kier molecular flexibility index (Phi) is 4.39. The summed E-state index contributed by atoms with van der Waals surface area (Å²) < 4.78 is 0.849. The summed E-state index contributed by atoms with van der Waals surface area (Å²) in [7, 11) is 0. The van der Waals surface area contributed by atoms with Gasteiger partial charge in [-0.25, -0.2) is 0 Å². The first-order valence-corrected chi connectivity index (χ1v) is 6.82. The highest BCUT2D eigenvalue weighted by Gasteiger charge is 2.35. The van der Waals surface area contributed by atoms with Crippen molar-refractivity contribution < 1.29 is 19.5 Å². The smallest absolute Gasteiger partial charge is 0.322 e. The molecule has 0 radical (unpaired) electrons. The lowest BCUT2D eigenvalue weighted by Crippen LogP contribution is -2.36. The van der Waals surface area contributed by atoms with Crippen LogP contribution in [0.4, 0.5) is 5.69 Å². The number of carbonyl (C=O) groups is 3. The van der Waals surface area contributed by atoms with E-state index in [0.717, 1.165) is 10.2 Å². The van der Waals surface area contributed by atoms with E-state index in [-0.39, 0.29) is 18.9 Å². The molecular formula is C13H13BrN2O4. The van der Waals surface area contributed by atoms with Gasteiger partial charge in [-0.3, -0.25) is 14.4 Å². The van der Waals surface area contributed by atoms with Crippen LogP contribution >= 0.6 is 15.9 Å². The maximum atomic E-state index is 12.0. The quantitative estimate of drug-likeness (QED) is 0.856. The summed E-state index contributed by atoms with van der Waals surface area (Å²) in [5.41, 5.74) is 0.720. The molecule has 7 heteroatoms. The normalized spacial score (nSPS) is 18.1. The van der Waals surface area contributed by atoms with Crippen LogP contribution in [0.5, 0.6) is 0 Å². The van der Waals surface area contributed by atoms with Crippen LogP contribution in [0.15, 0.2) is 28.7 Å². The van der Waals surface area contributed by atoms with Crippen LogP contribution in [0, 0.1) is 5.92 Å². The summed E-state index contributed by atoms with van der Waals surface area (Å²) in [5.74, 6) is -2.16. The van der Waals surface area contributed by atoms with Crippen LogP contribution in [0.2, 0.25) is 0 Å². The minimum Gasteiger partial charge on any atom is -0.480 e. The van der Waals surface area contributed by atoms with Gasteiger partial charge in [0, 0.05) is 23.1 Å². The molecule has 1 heterocycles. The number of hydrogen-bond acceptors (Lipinski definition) is 3. The number of hydrogen-bond donors (Lipinski definition) is 2. The van der Waals surface area contributed by atoms with Crippen molar-refractivity contribution in [3.63, 3.8) is 0 Å². The van der Waals surface area contributed by atoms with Crippen molar-refractivity contribution in [2.45, 2.75) is 6.42 Å². The Morgan fingerprint density at radius 1 is 1.45 bits per heavy atom. The second-order valence-corrected chi connectivity index (χ2v) is 5.41. The molecule has 1 fully saturated rings. The van der Waals surface area contributed by atoms with Crippen molar-refractivity contribution in [1.29, 1.82) is 0 Å². The summed E-state index contributed by atoms with van der Waals surface area (Å²) in [4.78, 5) is 35.7. The van der Waals surface area contributed by atoms with Gasteiger partial charge in [0.1, 0.15) is 6.54 Å². The average molecular weight is 341 g/mol. The molecule has 6 nitrogen and oxygen atoms in total. The van der Waals surface area contributed by atoms with Crippen molar-refractivity contribution >= 4 is 39.4 Å². The Hall–Kier alpha value is -1.89.